The second-order valence-corrected chi connectivity index (χ2v) is 5.94. The number of unbranched alkanes of at least 4 members (excludes halogenated alkanes) is 1. The highest BCUT2D eigenvalue weighted by molar-refractivity contribution is 7.89. The van der Waals surface area contributed by atoms with E-state index in [0.717, 1.165) is 0 Å². The molecule has 0 bridgehead atoms. The van der Waals surface area contributed by atoms with Crippen molar-refractivity contribution in [3.05, 3.63) is 11.5 Å². The first kappa shape index (κ1) is 15.6. The van der Waals surface area contributed by atoms with Gasteiger partial charge in [-0.1, -0.05) is 5.16 Å². The van der Waals surface area contributed by atoms with Crippen molar-refractivity contribution in [2.24, 2.45) is 0 Å². The summed E-state index contributed by atoms with van der Waals surface area (Å²) >= 11 is 0. The summed E-state index contributed by atoms with van der Waals surface area (Å²) < 4.78 is 31.3. The molecule has 0 aliphatic rings. The second-order valence-electron chi connectivity index (χ2n) is 4.24. The van der Waals surface area contributed by atoms with Crippen LogP contribution in [0.2, 0.25) is 0 Å². The van der Waals surface area contributed by atoms with Gasteiger partial charge in [0.05, 0.1) is 0 Å². The molecule has 1 amide bonds. The van der Waals surface area contributed by atoms with E-state index in [-0.39, 0.29) is 16.6 Å². The number of aromatic nitrogens is 1. The molecule has 0 unspecified atom stereocenters. The third kappa shape index (κ3) is 4.64. The Balaban J connectivity index is 2.42. The van der Waals surface area contributed by atoms with Crippen LogP contribution < -0.4 is 10.0 Å². The van der Waals surface area contributed by atoms with E-state index >= 15 is 0 Å². The van der Waals surface area contributed by atoms with E-state index < -0.39 is 10.0 Å². The molecule has 0 aliphatic heterocycles. The topological polar surface area (TPSA) is 101 Å². The number of amides is 1. The molecule has 0 aromatic carbocycles. The third-order valence-electron chi connectivity index (χ3n) is 2.51. The Morgan fingerprint density at radius 3 is 2.42 bits per heavy atom. The largest absolute Gasteiger partial charge is 0.360 e. The zero-order valence-electron chi connectivity index (χ0n) is 11.3. The van der Waals surface area contributed by atoms with Crippen LogP contribution in [0.25, 0.3) is 0 Å². The number of hydrogen-bond acceptors (Lipinski definition) is 5. The van der Waals surface area contributed by atoms with Crippen LogP contribution in [0.3, 0.4) is 0 Å². The monoisotopic (exact) mass is 289 g/mol. The number of nitrogens with one attached hydrogen (secondary N) is 2. The van der Waals surface area contributed by atoms with Crippen molar-refractivity contribution in [3.8, 4) is 0 Å². The summed E-state index contributed by atoms with van der Waals surface area (Å²) in [6.45, 7) is 5.45. The first-order valence-corrected chi connectivity index (χ1v) is 7.50. The number of carbonyl (C=O) groups excluding carboxylic acids is 1. The molecule has 0 fully saturated rings. The van der Waals surface area contributed by atoms with Crippen LogP contribution in [-0.2, 0) is 14.8 Å². The first-order chi connectivity index (χ1) is 8.84. The molecule has 1 rings (SSSR count). The Morgan fingerprint density at radius 1 is 1.26 bits per heavy atom. The molecule has 0 saturated carbocycles. The van der Waals surface area contributed by atoms with Crippen molar-refractivity contribution in [2.75, 3.05) is 13.1 Å². The summed E-state index contributed by atoms with van der Waals surface area (Å²) in [5.74, 6) is 0.194. The summed E-state index contributed by atoms with van der Waals surface area (Å²) in [5.41, 5.74) is 0.350. The van der Waals surface area contributed by atoms with Gasteiger partial charge in [-0.2, -0.15) is 0 Å². The van der Waals surface area contributed by atoms with E-state index in [2.05, 4.69) is 15.2 Å². The maximum Gasteiger partial charge on any atom is 0.245 e. The number of nitrogens with zero attached hydrogens (tertiary/aromatic N) is 1. The van der Waals surface area contributed by atoms with E-state index in [9.17, 15) is 13.2 Å². The molecule has 2 N–H and O–H groups in total. The van der Waals surface area contributed by atoms with Crippen molar-refractivity contribution in [2.45, 2.75) is 38.5 Å². The summed E-state index contributed by atoms with van der Waals surface area (Å²) in [5, 5.41) is 6.27. The van der Waals surface area contributed by atoms with Crippen molar-refractivity contribution >= 4 is 15.9 Å². The molecule has 7 nitrogen and oxygen atoms in total. The lowest BCUT2D eigenvalue weighted by molar-refractivity contribution is -0.118. The zero-order valence-corrected chi connectivity index (χ0v) is 12.1. The van der Waals surface area contributed by atoms with Gasteiger partial charge in [0.25, 0.3) is 0 Å². The van der Waals surface area contributed by atoms with Crippen LogP contribution in [0.1, 0.15) is 31.2 Å². The summed E-state index contributed by atoms with van der Waals surface area (Å²) in [4.78, 5) is 10.7. The predicted molar refractivity (Wildman–Crippen MR) is 69.1 cm³/mol. The molecule has 1 aromatic rings. The van der Waals surface area contributed by atoms with Gasteiger partial charge in [0.15, 0.2) is 5.76 Å². The zero-order chi connectivity index (χ0) is 14.5. The predicted octanol–water partition coefficient (Wildman–Crippen LogP) is 0.486. The Hall–Kier alpha value is -1.41. The third-order valence-corrected chi connectivity index (χ3v) is 4.21. The maximum absolute atomic E-state index is 12.0. The SMILES string of the molecule is CC(=O)NCCCCNS(=O)(=O)c1c(C)noc1C. The van der Waals surface area contributed by atoms with E-state index in [1.807, 2.05) is 0 Å². The molecule has 108 valence electrons. The normalized spacial score (nSPS) is 11.5. The molecular formula is C11H19N3O4S. The molecule has 19 heavy (non-hydrogen) atoms. The molecule has 8 heteroatoms. The Bertz CT molecular complexity index is 517. The number of hydrogen-bond donors (Lipinski definition) is 2. The molecule has 0 aliphatic carbocycles. The van der Waals surface area contributed by atoms with Gasteiger partial charge in [0, 0.05) is 20.0 Å². The Morgan fingerprint density at radius 2 is 1.89 bits per heavy atom. The summed E-state index contributed by atoms with van der Waals surface area (Å²) in [6, 6.07) is 0. The van der Waals surface area contributed by atoms with Gasteiger partial charge in [-0.25, -0.2) is 13.1 Å². The fraction of sp³-hybridized carbons (Fsp3) is 0.636. The minimum absolute atomic E-state index is 0.0868. The first-order valence-electron chi connectivity index (χ1n) is 6.01. The molecule has 1 heterocycles. The van der Waals surface area contributed by atoms with E-state index in [1.54, 1.807) is 13.8 Å². The number of carbonyl (C=O) groups is 1. The van der Waals surface area contributed by atoms with Gasteiger partial charge >= 0.3 is 0 Å². The van der Waals surface area contributed by atoms with Crippen molar-refractivity contribution in [3.63, 3.8) is 0 Å². The number of sulfonamides is 1. The smallest absolute Gasteiger partial charge is 0.245 e. The molecule has 0 atom stereocenters. The van der Waals surface area contributed by atoms with Crippen molar-refractivity contribution in [1.29, 1.82) is 0 Å². The summed E-state index contributed by atoms with van der Waals surface area (Å²) in [6.07, 6.45) is 1.35. The Labute approximate surface area is 112 Å². The van der Waals surface area contributed by atoms with Crippen LogP contribution in [0.4, 0.5) is 0 Å². The average molecular weight is 289 g/mol. The van der Waals surface area contributed by atoms with E-state index in [1.165, 1.54) is 6.92 Å². The average Bonchev–Trinajstić information content (AvgIpc) is 2.63. The highest BCUT2D eigenvalue weighted by Crippen LogP contribution is 2.18. The minimum Gasteiger partial charge on any atom is -0.360 e. The van der Waals surface area contributed by atoms with Gasteiger partial charge in [-0.15, -0.1) is 0 Å². The van der Waals surface area contributed by atoms with Gasteiger partial charge in [-0.3, -0.25) is 4.79 Å². The van der Waals surface area contributed by atoms with Crippen molar-refractivity contribution < 1.29 is 17.7 Å². The lowest BCUT2D eigenvalue weighted by Gasteiger charge is -2.06. The highest BCUT2D eigenvalue weighted by atomic mass is 32.2. The Kier molecular flexibility index (Phi) is 5.49. The molecular weight excluding hydrogens is 270 g/mol. The number of aryl methyl sites for hydroxylation is 2. The number of rotatable bonds is 7. The highest BCUT2D eigenvalue weighted by Gasteiger charge is 2.23. The fourth-order valence-electron chi connectivity index (χ4n) is 1.65. The lowest BCUT2D eigenvalue weighted by Crippen LogP contribution is -2.27. The van der Waals surface area contributed by atoms with E-state index in [4.69, 9.17) is 4.52 Å². The van der Waals surface area contributed by atoms with Crippen LogP contribution >= 0.6 is 0 Å². The molecule has 1 aromatic heterocycles. The quantitative estimate of drug-likeness (QED) is 0.711. The minimum atomic E-state index is -3.58. The molecule has 0 spiro atoms. The van der Waals surface area contributed by atoms with Crippen LogP contribution in [0.15, 0.2) is 9.42 Å². The van der Waals surface area contributed by atoms with Crippen LogP contribution in [-0.4, -0.2) is 32.6 Å². The maximum atomic E-state index is 12.0. The fourth-order valence-corrected chi connectivity index (χ4v) is 3.05. The summed E-state index contributed by atoms with van der Waals surface area (Å²) in [7, 11) is -3.58. The van der Waals surface area contributed by atoms with Gasteiger partial charge in [0.1, 0.15) is 10.6 Å². The lowest BCUT2D eigenvalue weighted by atomic mass is 10.3. The molecule has 0 radical (unpaired) electrons. The van der Waals surface area contributed by atoms with Crippen LogP contribution in [0, 0.1) is 13.8 Å². The standard InChI is InChI=1S/C11H19N3O4S/c1-8-11(9(2)18-14-8)19(16,17)13-7-5-4-6-12-10(3)15/h13H,4-7H2,1-3H3,(H,12,15). The van der Waals surface area contributed by atoms with E-state index in [0.29, 0.717) is 31.6 Å². The van der Waals surface area contributed by atoms with Gasteiger partial charge < -0.3 is 9.84 Å². The van der Waals surface area contributed by atoms with Gasteiger partial charge in [0.2, 0.25) is 15.9 Å². The van der Waals surface area contributed by atoms with Crippen molar-refractivity contribution in [1.82, 2.24) is 15.2 Å². The van der Waals surface area contributed by atoms with Crippen LogP contribution in [0.5, 0.6) is 0 Å². The molecule has 0 saturated heterocycles. The van der Waals surface area contributed by atoms with Gasteiger partial charge in [-0.05, 0) is 26.7 Å². The second kappa shape index (κ2) is 6.67.